The molecule has 0 radical (unpaired) electrons. The monoisotopic (exact) mass is 237 g/mol. The summed E-state index contributed by atoms with van der Waals surface area (Å²) in [4.78, 5) is 4.22. The summed E-state index contributed by atoms with van der Waals surface area (Å²) in [6, 6.07) is 0.592. The van der Waals surface area contributed by atoms with Gasteiger partial charge in [-0.05, 0) is 32.7 Å². The Bertz CT molecular complexity index is 337. The Morgan fingerprint density at radius 2 is 2.41 bits per heavy atom. The highest BCUT2D eigenvalue weighted by Crippen LogP contribution is 2.27. The maximum absolute atomic E-state index is 5.87. The lowest BCUT2D eigenvalue weighted by Gasteiger charge is -2.30. The molecule has 1 aromatic heterocycles. The Balaban J connectivity index is 1.97. The molecule has 2 heterocycles. The van der Waals surface area contributed by atoms with Crippen LogP contribution in [0, 0.1) is 0 Å². The normalized spacial score (nSPS) is 25.1. The quantitative estimate of drug-likeness (QED) is 0.852. The Labute approximate surface area is 103 Å². The minimum Gasteiger partial charge on any atom is -0.372 e. The molecule has 2 unspecified atom stereocenters. The van der Waals surface area contributed by atoms with E-state index in [0.717, 1.165) is 32.5 Å². The lowest BCUT2D eigenvalue weighted by Crippen LogP contribution is -2.36. The zero-order valence-electron chi connectivity index (χ0n) is 10.9. The molecule has 2 rings (SSSR count). The van der Waals surface area contributed by atoms with Crippen LogP contribution in [0.15, 0.2) is 12.5 Å². The van der Waals surface area contributed by atoms with Crippen molar-refractivity contribution >= 4 is 0 Å². The molecule has 0 amide bonds. The number of ether oxygens (including phenoxy) is 1. The van der Waals surface area contributed by atoms with Gasteiger partial charge >= 0.3 is 0 Å². The third-order valence-corrected chi connectivity index (χ3v) is 3.38. The van der Waals surface area contributed by atoms with Crippen LogP contribution < -0.4 is 5.32 Å². The van der Waals surface area contributed by atoms with Crippen molar-refractivity contribution in [1.82, 2.24) is 14.9 Å². The summed E-state index contributed by atoms with van der Waals surface area (Å²) in [5.41, 5.74) is 1.22. The largest absolute Gasteiger partial charge is 0.372 e. The second-order valence-electron chi connectivity index (χ2n) is 4.64. The van der Waals surface area contributed by atoms with Crippen LogP contribution in [-0.4, -0.2) is 28.7 Å². The first kappa shape index (κ1) is 12.6. The standard InChI is InChI=1S/C13H23N3O/c1-3-6-15-11-5-7-17-13(8-11)12-9-14-10-16(12)4-2/h9-11,13,15H,3-8H2,1-2H3. The van der Waals surface area contributed by atoms with Gasteiger partial charge in [-0.15, -0.1) is 0 Å². The fourth-order valence-corrected chi connectivity index (χ4v) is 2.40. The topological polar surface area (TPSA) is 39.1 Å². The zero-order chi connectivity index (χ0) is 12.1. The fourth-order valence-electron chi connectivity index (χ4n) is 2.40. The number of aromatic nitrogens is 2. The molecule has 0 bridgehead atoms. The fraction of sp³-hybridized carbons (Fsp3) is 0.769. The molecule has 1 aliphatic rings. The summed E-state index contributed by atoms with van der Waals surface area (Å²) in [5, 5.41) is 3.59. The molecule has 1 aliphatic heterocycles. The predicted octanol–water partition coefficient (Wildman–Crippen LogP) is 2.12. The highest BCUT2D eigenvalue weighted by atomic mass is 16.5. The van der Waals surface area contributed by atoms with Gasteiger partial charge in [0.25, 0.3) is 0 Å². The molecule has 1 saturated heterocycles. The lowest BCUT2D eigenvalue weighted by molar-refractivity contribution is -0.00403. The van der Waals surface area contributed by atoms with Gasteiger partial charge in [0.1, 0.15) is 6.10 Å². The summed E-state index contributed by atoms with van der Waals surface area (Å²) in [5.74, 6) is 0. The Hall–Kier alpha value is -0.870. The van der Waals surface area contributed by atoms with Crippen molar-refractivity contribution in [2.45, 2.75) is 51.8 Å². The van der Waals surface area contributed by atoms with Gasteiger partial charge in [0.15, 0.2) is 0 Å². The number of imidazole rings is 1. The number of nitrogens with zero attached hydrogens (tertiary/aromatic N) is 2. The van der Waals surface area contributed by atoms with Crippen LogP contribution >= 0.6 is 0 Å². The molecule has 1 aromatic rings. The zero-order valence-corrected chi connectivity index (χ0v) is 10.9. The van der Waals surface area contributed by atoms with Gasteiger partial charge in [0, 0.05) is 19.2 Å². The van der Waals surface area contributed by atoms with Crippen molar-refractivity contribution in [1.29, 1.82) is 0 Å². The molecule has 1 N–H and O–H groups in total. The van der Waals surface area contributed by atoms with Crippen LogP contribution in [0.5, 0.6) is 0 Å². The van der Waals surface area contributed by atoms with E-state index in [4.69, 9.17) is 4.74 Å². The molecule has 4 nitrogen and oxygen atoms in total. The molecule has 0 spiro atoms. The molecule has 0 saturated carbocycles. The Morgan fingerprint density at radius 1 is 1.53 bits per heavy atom. The first-order valence-corrected chi connectivity index (χ1v) is 6.70. The van der Waals surface area contributed by atoms with E-state index in [0.29, 0.717) is 6.04 Å². The second kappa shape index (κ2) is 6.17. The van der Waals surface area contributed by atoms with Crippen LogP contribution in [-0.2, 0) is 11.3 Å². The average molecular weight is 237 g/mol. The minimum atomic E-state index is 0.209. The highest BCUT2D eigenvalue weighted by Gasteiger charge is 2.25. The molecule has 17 heavy (non-hydrogen) atoms. The molecular weight excluding hydrogens is 214 g/mol. The van der Waals surface area contributed by atoms with E-state index >= 15 is 0 Å². The third kappa shape index (κ3) is 3.07. The number of hydrogen-bond acceptors (Lipinski definition) is 3. The van der Waals surface area contributed by atoms with E-state index in [9.17, 15) is 0 Å². The second-order valence-corrected chi connectivity index (χ2v) is 4.64. The van der Waals surface area contributed by atoms with E-state index in [2.05, 4.69) is 28.7 Å². The summed E-state index contributed by atoms with van der Waals surface area (Å²) in [6.07, 6.45) is 7.41. The van der Waals surface area contributed by atoms with Crippen molar-refractivity contribution in [2.75, 3.05) is 13.2 Å². The van der Waals surface area contributed by atoms with E-state index in [1.165, 1.54) is 12.1 Å². The molecule has 96 valence electrons. The molecule has 4 heteroatoms. The number of nitrogens with one attached hydrogen (secondary N) is 1. The van der Waals surface area contributed by atoms with Crippen LogP contribution in [0.25, 0.3) is 0 Å². The van der Waals surface area contributed by atoms with Crippen molar-refractivity contribution in [2.24, 2.45) is 0 Å². The van der Waals surface area contributed by atoms with Gasteiger partial charge in [-0.1, -0.05) is 6.92 Å². The predicted molar refractivity (Wildman–Crippen MR) is 67.9 cm³/mol. The Morgan fingerprint density at radius 3 is 3.18 bits per heavy atom. The van der Waals surface area contributed by atoms with Crippen molar-refractivity contribution in [3.8, 4) is 0 Å². The van der Waals surface area contributed by atoms with Gasteiger partial charge in [-0.3, -0.25) is 0 Å². The van der Waals surface area contributed by atoms with Crippen molar-refractivity contribution < 1.29 is 4.74 Å². The summed E-state index contributed by atoms with van der Waals surface area (Å²) >= 11 is 0. The molecule has 0 aromatic carbocycles. The van der Waals surface area contributed by atoms with Gasteiger partial charge in [0.05, 0.1) is 18.2 Å². The molecular formula is C13H23N3O. The first-order valence-electron chi connectivity index (χ1n) is 6.70. The van der Waals surface area contributed by atoms with Crippen LogP contribution in [0.3, 0.4) is 0 Å². The maximum atomic E-state index is 5.87. The van der Waals surface area contributed by atoms with Gasteiger partial charge in [0.2, 0.25) is 0 Å². The smallest absolute Gasteiger partial charge is 0.100 e. The minimum absolute atomic E-state index is 0.209. The number of rotatable bonds is 5. The maximum Gasteiger partial charge on any atom is 0.100 e. The van der Waals surface area contributed by atoms with E-state index in [1.54, 1.807) is 0 Å². The lowest BCUT2D eigenvalue weighted by atomic mass is 10.0. The van der Waals surface area contributed by atoms with Gasteiger partial charge in [-0.25, -0.2) is 4.98 Å². The SMILES string of the molecule is CCCNC1CCOC(c2cncn2CC)C1. The van der Waals surface area contributed by atoms with Crippen molar-refractivity contribution in [3.05, 3.63) is 18.2 Å². The van der Waals surface area contributed by atoms with Crippen LogP contribution in [0.2, 0.25) is 0 Å². The van der Waals surface area contributed by atoms with Crippen molar-refractivity contribution in [3.63, 3.8) is 0 Å². The molecule has 2 atom stereocenters. The molecule has 1 fully saturated rings. The van der Waals surface area contributed by atoms with Gasteiger partial charge < -0.3 is 14.6 Å². The van der Waals surface area contributed by atoms with E-state index in [1.807, 2.05) is 12.5 Å². The first-order chi connectivity index (χ1) is 8.35. The van der Waals surface area contributed by atoms with Crippen LogP contribution in [0.4, 0.5) is 0 Å². The Kier molecular flexibility index (Phi) is 4.57. The third-order valence-electron chi connectivity index (χ3n) is 3.38. The van der Waals surface area contributed by atoms with E-state index < -0.39 is 0 Å². The average Bonchev–Trinajstić information content (AvgIpc) is 2.85. The van der Waals surface area contributed by atoms with E-state index in [-0.39, 0.29) is 6.10 Å². The number of aryl methyl sites for hydroxylation is 1. The molecule has 0 aliphatic carbocycles. The summed E-state index contributed by atoms with van der Waals surface area (Å²) in [6.45, 7) is 7.25. The summed E-state index contributed by atoms with van der Waals surface area (Å²) in [7, 11) is 0. The highest BCUT2D eigenvalue weighted by molar-refractivity contribution is 5.05. The summed E-state index contributed by atoms with van der Waals surface area (Å²) < 4.78 is 8.05. The number of hydrogen-bond donors (Lipinski definition) is 1. The van der Waals surface area contributed by atoms with Crippen LogP contribution in [0.1, 0.15) is 44.9 Å². The van der Waals surface area contributed by atoms with Gasteiger partial charge in [-0.2, -0.15) is 0 Å².